The topological polar surface area (TPSA) is 59.8 Å². The monoisotopic (exact) mass is 416 g/mol. The summed E-state index contributed by atoms with van der Waals surface area (Å²) in [5.74, 6) is 0.628. The molecule has 0 radical (unpaired) electrons. The first-order valence-corrected chi connectivity index (χ1v) is 11.2. The maximum Gasteiger partial charge on any atom is 0.234 e. The molecule has 8 heteroatoms. The maximum absolute atomic E-state index is 13.0. The number of amides is 1. The minimum absolute atomic E-state index is 0.156. The van der Waals surface area contributed by atoms with Crippen LogP contribution in [0, 0.1) is 5.82 Å². The summed E-state index contributed by atoms with van der Waals surface area (Å²) in [7, 11) is 0. The van der Waals surface area contributed by atoms with E-state index < -0.39 is 0 Å². The van der Waals surface area contributed by atoms with Gasteiger partial charge in [0.15, 0.2) is 11.0 Å². The van der Waals surface area contributed by atoms with Gasteiger partial charge in [0, 0.05) is 28.1 Å². The normalized spacial score (nSPS) is 13.4. The molecule has 0 aliphatic heterocycles. The molecule has 0 fully saturated rings. The maximum atomic E-state index is 13.0. The number of fused-ring (bicyclic) bond motifs is 1. The molecule has 0 saturated heterocycles. The van der Waals surface area contributed by atoms with Crippen molar-refractivity contribution in [3.63, 3.8) is 0 Å². The fraction of sp³-hybridized carbons (Fsp3) is 0.350. The Morgan fingerprint density at radius 2 is 2.04 bits per heavy atom. The zero-order valence-corrected chi connectivity index (χ0v) is 17.2. The van der Waals surface area contributed by atoms with Crippen molar-refractivity contribution in [3.05, 3.63) is 45.9 Å². The first kappa shape index (κ1) is 19.1. The number of benzene rings is 1. The van der Waals surface area contributed by atoms with Crippen LogP contribution in [0.2, 0.25) is 0 Å². The molecule has 2 aromatic heterocycles. The molecule has 1 aliphatic rings. The van der Waals surface area contributed by atoms with Gasteiger partial charge >= 0.3 is 0 Å². The van der Waals surface area contributed by atoms with Crippen LogP contribution in [0.1, 0.15) is 30.2 Å². The number of hydrogen-bond donors (Lipinski definition) is 1. The van der Waals surface area contributed by atoms with E-state index in [4.69, 9.17) is 0 Å². The molecule has 0 saturated carbocycles. The Labute approximate surface area is 171 Å². The van der Waals surface area contributed by atoms with Gasteiger partial charge in [-0.25, -0.2) is 4.39 Å². The van der Waals surface area contributed by atoms with Gasteiger partial charge in [-0.15, -0.1) is 21.5 Å². The predicted octanol–water partition coefficient (Wildman–Crippen LogP) is 4.78. The molecule has 4 rings (SSSR count). The number of anilines is 1. The van der Waals surface area contributed by atoms with Crippen molar-refractivity contribution >= 4 is 34.7 Å². The number of carbonyl (C=O) groups excluding carboxylic acids is 1. The number of carbonyl (C=O) groups is 1. The SMILES string of the molecule is CCn1c(SCC(=O)Nc2ccc(F)cc2)nnc1-c1csc2c1CCCC2. The molecule has 0 atom stereocenters. The van der Waals surface area contributed by atoms with Crippen LogP contribution in [-0.2, 0) is 24.2 Å². The Morgan fingerprint density at radius 1 is 1.25 bits per heavy atom. The molecule has 0 bridgehead atoms. The van der Waals surface area contributed by atoms with Gasteiger partial charge in [0.25, 0.3) is 0 Å². The van der Waals surface area contributed by atoms with Gasteiger partial charge in [-0.05, 0) is 62.4 Å². The third kappa shape index (κ3) is 3.98. The summed E-state index contributed by atoms with van der Waals surface area (Å²) in [4.78, 5) is 13.7. The lowest BCUT2D eigenvalue weighted by Crippen LogP contribution is -2.14. The van der Waals surface area contributed by atoms with Crippen molar-refractivity contribution in [2.45, 2.75) is 44.3 Å². The van der Waals surface area contributed by atoms with E-state index in [9.17, 15) is 9.18 Å². The summed E-state index contributed by atoms with van der Waals surface area (Å²) in [5, 5.41) is 14.5. The third-order valence-corrected chi connectivity index (χ3v) is 6.85. The Balaban J connectivity index is 1.46. The molecular weight excluding hydrogens is 395 g/mol. The van der Waals surface area contributed by atoms with Crippen molar-refractivity contribution in [3.8, 4) is 11.4 Å². The lowest BCUT2D eigenvalue weighted by Gasteiger charge is -2.13. The third-order valence-electron chi connectivity index (χ3n) is 4.80. The van der Waals surface area contributed by atoms with Crippen molar-refractivity contribution in [1.82, 2.24) is 14.8 Å². The Hall–Kier alpha value is -2.19. The summed E-state index contributed by atoms with van der Waals surface area (Å²) in [6.07, 6.45) is 4.75. The van der Waals surface area contributed by atoms with Gasteiger partial charge in [0.2, 0.25) is 5.91 Å². The number of thioether (sulfide) groups is 1. The summed E-state index contributed by atoms with van der Waals surface area (Å²) in [5.41, 5.74) is 3.19. The average molecular weight is 417 g/mol. The van der Waals surface area contributed by atoms with Crippen LogP contribution in [0.25, 0.3) is 11.4 Å². The zero-order chi connectivity index (χ0) is 19.5. The molecule has 1 N–H and O–H groups in total. The van der Waals surface area contributed by atoms with E-state index in [1.54, 1.807) is 12.1 Å². The second-order valence-electron chi connectivity index (χ2n) is 6.65. The number of nitrogens with one attached hydrogen (secondary N) is 1. The number of thiophene rings is 1. The Bertz CT molecular complexity index is 981. The minimum atomic E-state index is -0.327. The van der Waals surface area contributed by atoms with Crippen molar-refractivity contribution in [1.29, 1.82) is 0 Å². The number of aromatic nitrogens is 3. The summed E-state index contributed by atoms with van der Waals surface area (Å²) in [6.45, 7) is 2.81. The molecule has 3 aromatic rings. The standard InChI is InChI=1S/C20H21FN4OS2/c1-2-25-19(16-11-27-17-6-4-3-5-15(16)17)23-24-20(25)28-12-18(26)22-14-9-7-13(21)8-10-14/h7-11H,2-6,12H2,1H3,(H,22,26). The first-order chi connectivity index (χ1) is 13.7. The zero-order valence-electron chi connectivity index (χ0n) is 15.6. The van der Waals surface area contributed by atoms with Crippen LogP contribution < -0.4 is 5.32 Å². The van der Waals surface area contributed by atoms with Crippen molar-refractivity contribution < 1.29 is 9.18 Å². The summed E-state index contributed by atoms with van der Waals surface area (Å²) < 4.78 is 15.0. The van der Waals surface area contributed by atoms with E-state index in [1.165, 1.54) is 52.7 Å². The van der Waals surface area contributed by atoms with Gasteiger partial charge in [0.05, 0.1) is 5.75 Å². The van der Waals surface area contributed by atoms with Crippen molar-refractivity contribution in [2.24, 2.45) is 0 Å². The van der Waals surface area contributed by atoms with E-state index in [0.29, 0.717) is 5.69 Å². The minimum Gasteiger partial charge on any atom is -0.325 e. The lowest BCUT2D eigenvalue weighted by molar-refractivity contribution is -0.113. The number of halogens is 1. The fourth-order valence-corrected chi connectivity index (χ4v) is 5.35. The number of rotatable bonds is 6. The highest BCUT2D eigenvalue weighted by Crippen LogP contribution is 2.36. The molecular formula is C20H21FN4OS2. The molecule has 0 spiro atoms. The number of hydrogen-bond acceptors (Lipinski definition) is 5. The highest BCUT2D eigenvalue weighted by Gasteiger charge is 2.22. The van der Waals surface area contributed by atoms with Crippen LogP contribution in [0.3, 0.4) is 0 Å². The quantitative estimate of drug-likeness (QED) is 0.588. The van der Waals surface area contributed by atoms with Gasteiger partial charge in [-0.3, -0.25) is 4.79 Å². The molecule has 0 unspecified atom stereocenters. The molecule has 5 nitrogen and oxygen atoms in total. The van der Waals surface area contributed by atoms with E-state index in [-0.39, 0.29) is 17.5 Å². The smallest absolute Gasteiger partial charge is 0.234 e. The van der Waals surface area contributed by atoms with Crippen LogP contribution in [0.4, 0.5) is 10.1 Å². The van der Waals surface area contributed by atoms with Crippen LogP contribution in [0.15, 0.2) is 34.8 Å². The van der Waals surface area contributed by atoms with Gasteiger partial charge in [-0.1, -0.05) is 11.8 Å². The lowest BCUT2D eigenvalue weighted by atomic mass is 9.96. The van der Waals surface area contributed by atoms with E-state index >= 15 is 0 Å². The molecule has 1 aromatic carbocycles. The van der Waals surface area contributed by atoms with Crippen LogP contribution in [-0.4, -0.2) is 26.4 Å². The molecule has 1 amide bonds. The van der Waals surface area contributed by atoms with E-state index in [2.05, 4.69) is 32.4 Å². The largest absolute Gasteiger partial charge is 0.325 e. The molecule has 1 aliphatic carbocycles. The van der Waals surface area contributed by atoms with E-state index in [0.717, 1.165) is 30.4 Å². The van der Waals surface area contributed by atoms with Gasteiger partial charge in [-0.2, -0.15) is 0 Å². The van der Waals surface area contributed by atoms with E-state index in [1.807, 2.05) is 11.3 Å². The summed E-state index contributed by atoms with van der Waals surface area (Å²) >= 11 is 3.18. The second kappa shape index (κ2) is 8.45. The second-order valence-corrected chi connectivity index (χ2v) is 8.56. The van der Waals surface area contributed by atoms with Gasteiger partial charge in [0.1, 0.15) is 5.82 Å². The number of nitrogens with zero attached hydrogens (tertiary/aromatic N) is 3. The highest BCUT2D eigenvalue weighted by atomic mass is 32.2. The van der Waals surface area contributed by atoms with Crippen LogP contribution in [0.5, 0.6) is 0 Å². The fourth-order valence-electron chi connectivity index (χ4n) is 3.42. The summed E-state index contributed by atoms with van der Waals surface area (Å²) in [6, 6.07) is 5.74. The van der Waals surface area contributed by atoms with Crippen LogP contribution >= 0.6 is 23.1 Å². The molecule has 2 heterocycles. The first-order valence-electron chi connectivity index (χ1n) is 9.36. The molecule has 146 valence electrons. The highest BCUT2D eigenvalue weighted by molar-refractivity contribution is 7.99. The molecule has 28 heavy (non-hydrogen) atoms. The van der Waals surface area contributed by atoms with Crippen molar-refractivity contribution in [2.75, 3.05) is 11.1 Å². The average Bonchev–Trinajstić information content (AvgIpc) is 3.31. The Morgan fingerprint density at radius 3 is 2.82 bits per heavy atom. The Kier molecular flexibility index (Phi) is 5.77. The predicted molar refractivity (Wildman–Crippen MR) is 111 cm³/mol. The number of aryl methyl sites for hydroxylation is 1. The van der Waals surface area contributed by atoms with Gasteiger partial charge < -0.3 is 9.88 Å².